The number of nitrogens with zero attached hydrogens (tertiary/aromatic N) is 3. The molecule has 7 heteroatoms. The molecule has 1 aliphatic heterocycles. The highest BCUT2D eigenvalue weighted by Gasteiger charge is 2.12. The number of morpholine rings is 1. The standard InChI is InChI=1S/C20H19ClFN3O2/c21-17-11-14(1-4-18(17)22)20-16-3-2-15(12-19(16)23-13-24-20)27-10-7-25-5-8-26-9-6-25/h1-4,11-13H,5-10H2. The third-order valence-electron chi connectivity index (χ3n) is 4.58. The first-order chi connectivity index (χ1) is 13.2. The normalized spacial score (nSPS) is 15.2. The highest BCUT2D eigenvalue weighted by Crippen LogP contribution is 2.30. The van der Waals surface area contributed by atoms with E-state index in [-0.39, 0.29) is 5.02 Å². The average molecular weight is 388 g/mol. The van der Waals surface area contributed by atoms with Crippen LogP contribution >= 0.6 is 11.6 Å². The van der Waals surface area contributed by atoms with Crippen LogP contribution in [0.2, 0.25) is 5.02 Å². The molecular formula is C20H19ClFN3O2. The Morgan fingerprint density at radius 3 is 2.78 bits per heavy atom. The molecule has 3 aromatic rings. The molecular weight excluding hydrogens is 369 g/mol. The van der Waals surface area contributed by atoms with Gasteiger partial charge in [0.05, 0.1) is 29.4 Å². The summed E-state index contributed by atoms with van der Waals surface area (Å²) in [5.41, 5.74) is 2.22. The van der Waals surface area contributed by atoms with E-state index in [4.69, 9.17) is 21.1 Å². The van der Waals surface area contributed by atoms with Gasteiger partial charge in [-0.3, -0.25) is 4.90 Å². The first kappa shape index (κ1) is 18.1. The van der Waals surface area contributed by atoms with Gasteiger partial charge in [-0.25, -0.2) is 14.4 Å². The minimum Gasteiger partial charge on any atom is -0.492 e. The summed E-state index contributed by atoms with van der Waals surface area (Å²) in [6, 6.07) is 10.3. The van der Waals surface area contributed by atoms with Gasteiger partial charge in [0.1, 0.15) is 24.5 Å². The zero-order chi connectivity index (χ0) is 18.6. The fourth-order valence-electron chi connectivity index (χ4n) is 3.12. The topological polar surface area (TPSA) is 47.5 Å². The summed E-state index contributed by atoms with van der Waals surface area (Å²) in [5.74, 6) is 0.312. The van der Waals surface area contributed by atoms with Crippen LogP contribution < -0.4 is 4.74 Å². The van der Waals surface area contributed by atoms with Crippen molar-refractivity contribution in [3.05, 3.63) is 53.6 Å². The summed E-state index contributed by atoms with van der Waals surface area (Å²) in [7, 11) is 0. The van der Waals surface area contributed by atoms with Crippen molar-refractivity contribution in [1.82, 2.24) is 14.9 Å². The van der Waals surface area contributed by atoms with E-state index in [0.29, 0.717) is 12.3 Å². The number of rotatable bonds is 5. The van der Waals surface area contributed by atoms with Crippen molar-refractivity contribution >= 4 is 22.5 Å². The Hall–Kier alpha value is -2.28. The van der Waals surface area contributed by atoms with Crippen LogP contribution in [0.1, 0.15) is 0 Å². The lowest BCUT2D eigenvalue weighted by molar-refractivity contribution is 0.0322. The maximum absolute atomic E-state index is 13.4. The van der Waals surface area contributed by atoms with Crippen molar-refractivity contribution in [1.29, 1.82) is 0 Å². The summed E-state index contributed by atoms with van der Waals surface area (Å²) >= 11 is 5.91. The first-order valence-corrected chi connectivity index (χ1v) is 9.21. The third kappa shape index (κ3) is 4.18. The van der Waals surface area contributed by atoms with Gasteiger partial charge in [0.2, 0.25) is 0 Å². The highest BCUT2D eigenvalue weighted by molar-refractivity contribution is 6.31. The van der Waals surface area contributed by atoms with Crippen molar-refractivity contribution in [3.63, 3.8) is 0 Å². The number of halogens is 2. The molecule has 1 aromatic heterocycles. The van der Waals surface area contributed by atoms with Gasteiger partial charge in [-0.15, -0.1) is 0 Å². The summed E-state index contributed by atoms with van der Waals surface area (Å²) in [6.45, 7) is 4.92. The minimum atomic E-state index is -0.449. The van der Waals surface area contributed by atoms with Crippen LogP contribution in [0.15, 0.2) is 42.7 Å². The van der Waals surface area contributed by atoms with Gasteiger partial charge in [-0.05, 0) is 30.3 Å². The molecule has 0 atom stereocenters. The predicted octanol–water partition coefficient (Wildman–Crippen LogP) is 3.80. The third-order valence-corrected chi connectivity index (χ3v) is 4.87. The molecule has 140 valence electrons. The number of hydrogen-bond acceptors (Lipinski definition) is 5. The molecule has 5 nitrogen and oxygen atoms in total. The molecule has 1 saturated heterocycles. The summed E-state index contributed by atoms with van der Waals surface area (Å²) in [6.07, 6.45) is 1.49. The van der Waals surface area contributed by atoms with Crippen LogP contribution in [-0.2, 0) is 4.74 Å². The van der Waals surface area contributed by atoms with E-state index >= 15 is 0 Å². The lowest BCUT2D eigenvalue weighted by Gasteiger charge is -2.26. The van der Waals surface area contributed by atoms with Gasteiger partial charge in [0, 0.05) is 36.7 Å². The van der Waals surface area contributed by atoms with E-state index in [1.165, 1.54) is 12.4 Å². The van der Waals surface area contributed by atoms with Gasteiger partial charge in [-0.1, -0.05) is 11.6 Å². The smallest absolute Gasteiger partial charge is 0.141 e. The Kier molecular flexibility index (Phi) is 5.48. The summed E-state index contributed by atoms with van der Waals surface area (Å²) < 4.78 is 24.7. The van der Waals surface area contributed by atoms with E-state index in [1.807, 2.05) is 18.2 Å². The van der Waals surface area contributed by atoms with Gasteiger partial charge in [-0.2, -0.15) is 0 Å². The lowest BCUT2D eigenvalue weighted by Crippen LogP contribution is -2.38. The molecule has 0 amide bonds. The highest BCUT2D eigenvalue weighted by atomic mass is 35.5. The minimum absolute atomic E-state index is 0.0716. The number of ether oxygens (including phenoxy) is 2. The maximum atomic E-state index is 13.4. The van der Waals surface area contributed by atoms with Crippen molar-refractivity contribution in [2.75, 3.05) is 39.5 Å². The second kappa shape index (κ2) is 8.17. The molecule has 1 fully saturated rings. The molecule has 0 N–H and O–H groups in total. The zero-order valence-electron chi connectivity index (χ0n) is 14.7. The first-order valence-electron chi connectivity index (χ1n) is 8.84. The molecule has 0 saturated carbocycles. The lowest BCUT2D eigenvalue weighted by atomic mass is 10.1. The molecule has 0 unspecified atom stereocenters. The SMILES string of the molecule is Fc1ccc(-c2ncnc3cc(OCCN4CCOCC4)ccc23)cc1Cl. The molecule has 0 radical (unpaired) electrons. The molecule has 0 bridgehead atoms. The summed E-state index contributed by atoms with van der Waals surface area (Å²) in [4.78, 5) is 11.0. The predicted molar refractivity (Wildman–Crippen MR) is 103 cm³/mol. The molecule has 2 heterocycles. The molecule has 0 spiro atoms. The number of fused-ring (bicyclic) bond motifs is 1. The second-order valence-electron chi connectivity index (χ2n) is 6.33. The van der Waals surface area contributed by atoms with E-state index in [0.717, 1.165) is 55.1 Å². The van der Waals surface area contributed by atoms with E-state index < -0.39 is 5.82 Å². The summed E-state index contributed by atoms with van der Waals surface area (Å²) in [5, 5.41) is 0.933. The van der Waals surface area contributed by atoms with Gasteiger partial charge < -0.3 is 9.47 Å². The molecule has 27 heavy (non-hydrogen) atoms. The van der Waals surface area contributed by atoms with Crippen LogP contribution in [0, 0.1) is 5.82 Å². The molecule has 2 aromatic carbocycles. The molecule has 1 aliphatic rings. The van der Waals surface area contributed by atoms with Gasteiger partial charge in [0.25, 0.3) is 0 Å². The van der Waals surface area contributed by atoms with Crippen LogP contribution in [0.25, 0.3) is 22.2 Å². The number of hydrogen-bond donors (Lipinski definition) is 0. The second-order valence-corrected chi connectivity index (χ2v) is 6.74. The molecule has 0 aliphatic carbocycles. The van der Waals surface area contributed by atoms with Crippen LogP contribution in [0.4, 0.5) is 4.39 Å². The monoisotopic (exact) mass is 387 g/mol. The Bertz CT molecular complexity index is 948. The average Bonchev–Trinajstić information content (AvgIpc) is 2.70. The van der Waals surface area contributed by atoms with E-state index in [1.54, 1.807) is 12.1 Å². The number of aromatic nitrogens is 2. The van der Waals surface area contributed by atoms with E-state index in [9.17, 15) is 4.39 Å². The Balaban J connectivity index is 1.52. The molecule has 4 rings (SSSR count). The zero-order valence-corrected chi connectivity index (χ0v) is 15.5. The Labute approximate surface area is 161 Å². The van der Waals surface area contributed by atoms with Crippen LogP contribution in [0.5, 0.6) is 5.75 Å². The van der Waals surface area contributed by atoms with Crippen LogP contribution in [-0.4, -0.2) is 54.3 Å². The van der Waals surface area contributed by atoms with Gasteiger partial charge in [0.15, 0.2) is 0 Å². The Morgan fingerprint density at radius 2 is 1.96 bits per heavy atom. The largest absolute Gasteiger partial charge is 0.492 e. The van der Waals surface area contributed by atoms with Crippen molar-refractivity contribution in [3.8, 4) is 17.0 Å². The van der Waals surface area contributed by atoms with Gasteiger partial charge >= 0.3 is 0 Å². The maximum Gasteiger partial charge on any atom is 0.141 e. The van der Waals surface area contributed by atoms with Crippen molar-refractivity contribution < 1.29 is 13.9 Å². The van der Waals surface area contributed by atoms with Crippen LogP contribution in [0.3, 0.4) is 0 Å². The fraction of sp³-hybridized carbons (Fsp3) is 0.300. The fourth-order valence-corrected chi connectivity index (χ4v) is 3.30. The van der Waals surface area contributed by atoms with E-state index in [2.05, 4.69) is 14.9 Å². The van der Waals surface area contributed by atoms with Crippen molar-refractivity contribution in [2.24, 2.45) is 0 Å². The number of benzene rings is 2. The quantitative estimate of drug-likeness (QED) is 0.666. The van der Waals surface area contributed by atoms with Crippen molar-refractivity contribution in [2.45, 2.75) is 0 Å². The Morgan fingerprint density at radius 1 is 1.11 bits per heavy atom.